The normalized spacial score (nSPS) is 16.0. The highest BCUT2D eigenvalue weighted by Crippen LogP contribution is 2.20. The van der Waals surface area contributed by atoms with E-state index in [9.17, 15) is 9.59 Å². The molecule has 138 valence electrons. The lowest BCUT2D eigenvalue weighted by molar-refractivity contribution is -0.123. The van der Waals surface area contributed by atoms with E-state index in [0.29, 0.717) is 10.7 Å². The maximum absolute atomic E-state index is 12.1. The van der Waals surface area contributed by atoms with E-state index in [1.54, 1.807) is 30.1 Å². The van der Waals surface area contributed by atoms with E-state index >= 15 is 0 Å². The monoisotopic (exact) mass is 366 g/mol. The van der Waals surface area contributed by atoms with Gasteiger partial charge in [-0.25, -0.2) is 0 Å². The van der Waals surface area contributed by atoms with Crippen LogP contribution in [0.15, 0.2) is 24.3 Å². The van der Waals surface area contributed by atoms with Gasteiger partial charge in [-0.1, -0.05) is 30.7 Å². The van der Waals surface area contributed by atoms with Gasteiger partial charge in [0, 0.05) is 19.1 Å². The summed E-state index contributed by atoms with van der Waals surface area (Å²) in [6, 6.07) is 7.32. The van der Waals surface area contributed by atoms with E-state index in [4.69, 9.17) is 11.6 Å². The van der Waals surface area contributed by atoms with Crippen molar-refractivity contribution in [3.8, 4) is 0 Å². The maximum Gasteiger partial charge on any atom is 0.238 e. The summed E-state index contributed by atoms with van der Waals surface area (Å²) >= 11 is 6.02. The summed E-state index contributed by atoms with van der Waals surface area (Å²) in [5.74, 6) is -0.234. The minimum Gasteiger partial charge on any atom is -0.352 e. The van der Waals surface area contributed by atoms with Crippen molar-refractivity contribution in [2.45, 2.75) is 25.8 Å². The first-order chi connectivity index (χ1) is 12.0. The number of hydrogen-bond donors (Lipinski definition) is 2. The van der Waals surface area contributed by atoms with Crippen molar-refractivity contribution in [3.63, 3.8) is 0 Å². The Balaban J connectivity index is 1.70. The molecule has 2 rings (SSSR count). The first-order valence-corrected chi connectivity index (χ1v) is 9.10. The minimum absolute atomic E-state index is 0.0389. The summed E-state index contributed by atoms with van der Waals surface area (Å²) in [5.41, 5.74) is 0.578. The molecular weight excluding hydrogens is 340 g/mol. The van der Waals surface area contributed by atoms with Crippen LogP contribution >= 0.6 is 11.6 Å². The van der Waals surface area contributed by atoms with Crippen molar-refractivity contribution in [2.24, 2.45) is 0 Å². The van der Waals surface area contributed by atoms with Crippen LogP contribution in [0, 0.1) is 0 Å². The third-order valence-electron chi connectivity index (χ3n) is 4.37. The molecule has 0 aromatic heterocycles. The molecule has 7 heteroatoms. The highest BCUT2D eigenvalue weighted by atomic mass is 35.5. The number of benzene rings is 1. The lowest BCUT2D eigenvalue weighted by Gasteiger charge is -2.31. The Labute approximate surface area is 154 Å². The average Bonchev–Trinajstić information content (AvgIpc) is 2.57. The van der Waals surface area contributed by atoms with E-state index in [0.717, 1.165) is 32.5 Å². The van der Waals surface area contributed by atoms with E-state index in [2.05, 4.69) is 22.5 Å². The molecule has 0 aliphatic carbocycles. The number of likely N-dealkylation sites (tertiary alicyclic amines) is 1. The summed E-state index contributed by atoms with van der Waals surface area (Å²) < 4.78 is 0. The number of nitrogens with one attached hydrogen (secondary N) is 2. The van der Waals surface area contributed by atoms with Crippen molar-refractivity contribution in [3.05, 3.63) is 29.3 Å². The molecule has 6 nitrogen and oxygen atoms in total. The number of carbonyl (C=O) groups excluding carboxylic acids is 2. The number of nitrogens with zero attached hydrogens (tertiary/aromatic N) is 2. The van der Waals surface area contributed by atoms with Crippen LogP contribution < -0.4 is 10.6 Å². The van der Waals surface area contributed by atoms with Crippen LogP contribution in [0.5, 0.6) is 0 Å². The summed E-state index contributed by atoms with van der Waals surface area (Å²) in [6.07, 6.45) is 1.96. The number of rotatable bonds is 7. The molecule has 25 heavy (non-hydrogen) atoms. The van der Waals surface area contributed by atoms with E-state index < -0.39 is 0 Å². The van der Waals surface area contributed by atoms with Crippen LogP contribution in [0.4, 0.5) is 5.69 Å². The molecule has 2 amide bonds. The number of hydrogen-bond acceptors (Lipinski definition) is 4. The first kappa shape index (κ1) is 19.7. The van der Waals surface area contributed by atoms with E-state index in [-0.39, 0.29) is 30.9 Å². The number of carbonyl (C=O) groups is 2. The second-order valence-electron chi connectivity index (χ2n) is 6.48. The topological polar surface area (TPSA) is 64.7 Å². The summed E-state index contributed by atoms with van der Waals surface area (Å²) in [5, 5.41) is 6.32. The molecule has 0 bridgehead atoms. The molecular formula is C18H27ClN4O2. The van der Waals surface area contributed by atoms with E-state index in [1.165, 1.54) is 0 Å². The van der Waals surface area contributed by atoms with Crippen LogP contribution in [-0.2, 0) is 9.59 Å². The smallest absolute Gasteiger partial charge is 0.238 e. The maximum atomic E-state index is 12.1. The van der Waals surface area contributed by atoms with Crippen LogP contribution in [0.1, 0.15) is 19.8 Å². The predicted molar refractivity (Wildman–Crippen MR) is 101 cm³/mol. The molecule has 1 aliphatic rings. The van der Waals surface area contributed by atoms with Crippen molar-refractivity contribution in [1.82, 2.24) is 15.1 Å². The first-order valence-electron chi connectivity index (χ1n) is 8.72. The molecule has 1 aromatic rings. The molecule has 0 atom stereocenters. The number of amides is 2. The molecule has 0 radical (unpaired) electrons. The highest BCUT2D eigenvalue weighted by molar-refractivity contribution is 6.33. The van der Waals surface area contributed by atoms with Gasteiger partial charge in [0.1, 0.15) is 0 Å². The molecule has 1 fully saturated rings. The van der Waals surface area contributed by atoms with Crippen LogP contribution in [0.3, 0.4) is 0 Å². The Morgan fingerprint density at radius 2 is 1.84 bits per heavy atom. The largest absolute Gasteiger partial charge is 0.352 e. The van der Waals surface area contributed by atoms with Crippen LogP contribution in [0.2, 0.25) is 5.02 Å². The molecule has 2 N–H and O–H groups in total. The Morgan fingerprint density at radius 1 is 1.20 bits per heavy atom. The van der Waals surface area contributed by atoms with Crippen molar-refractivity contribution in [2.75, 3.05) is 45.1 Å². The van der Waals surface area contributed by atoms with Crippen LogP contribution in [0.25, 0.3) is 0 Å². The van der Waals surface area contributed by atoms with Gasteiger partial charge >= 0.3 is 0 Å². The molecule has 0 spiro atoms. The second-order valence-corrected chi connectivity index (χ2v) is 6.88. The standard InChI is InChI=1S/C18H27ClN4O2/c1-3-23-10-8-14(9-11-23)20-17(24)12-22(2)13-18(25)21-16-7-5-4-6-15(16)19/h4-7,14H,3,8-13H2,1-2H3,(H,20,24)(H,21,25). The zero-order chi connectivity index (χ0) is 18.2. The highest BCUT2D eigenvalue weighted by Gasteiger charge is 2.20. The fraction of sp³-hybridized carbons (Fsp3) is 0.556. The van der Waals surface area contributed by atoms with Gasteiger partial charge in [-0.3, -0.25) is 14.5 Å². The average molecular weight is 367 g/mol. The second kappa shape index (κ2) is 9.75. The van der Waals surface area contributed by atoms with Crippen molar-refractivity contribution >= 4 is 29.1 Å². The number of piperidine rings is 1. The van der Waals surface area contributed by atoms with Gasteiger partial charge in [-0.2, -0.15) is 0 Å². The molecule has 1 heterocycles. The number of anilines is 1. The molecule has 1 aliphatic heterocycles. The third kappa shape index (κ3) is 6.65. The molecule has 0 saturated carbocycles. The molecule has 0 unspecified atom stereocenters. The minimum atomic E-state index is -0.195. The van der Waals surface area contributed by atoms with E-state index in [1.807, 2.05) is 6.07 Å². The van der Waals surface area contributed by atoms with Gasteiger partial charge < -0.3 is 15.5 Å². The zero-order valence-corrected chi connectivity index (χ0v) is 15.7. The Bertz CT molecular complexity index is 588. The lowest BCUT2D eigenvalue weighted by Crippen LogP contribution is -2.47. The summed E-state index contributed by atoms with van der Waals surface area (Å²) in [6.45, 7) is 5.59. The fourth-order valence-corrected chi connectivity index (χ4v) is 3.15. The number of halogens is 1. The van der Waals surface area contributed by atoms with Crippen LogP contribution in [-0.4, -0.2) is 67.4 Å². The number of para-hydroxylation sites is 1. The van der Waals surface area contributed by atoms with Crippen molar-refractivity contribution < 1.29 is 9.59 Å². The van der Waals surface area contributed by atoms with Gasteiger partial charge in [-0.05, 0) is 38.6 Å². The third-order valence-corrected chi connectivity index (χ3v) is 4.70. The Hall–Kier alpha value is -1.63. The zero-order valence-electron chi connectivity index (χ0n) is 14.9. The fourth-order valence-electron chi connectivity index (χ4n) is 2.97. The van der Waals surface area contributed by atoms with Gasteiger partial charge in [0.2, 0.25) is 11.8 Å². The lowest BCUT2D eigenvalue weighted by atomic mass is 10.1. The Morgan fingerprint density at radius 3 is 2.48 bits per heavy atom. The quantitative estimate of drug-likeness (QED) is 0.772. The molecule has 1 aromatic carbocycles. The van der Waals surface area contributed by atoms with Gasteiger partial charge in [0.05, 0.1) is 23.8 Å². The van der Waals surface area contributed by atoms with Gasteiger partial charge in [0.15, 0.2) is 0 Å². The number of likely N-dealkylation sites (N-methyl/N-ethyl adjacent to an activating group) is 1. The predicted octanol–water partition coefficient (Wildman–Crippen LogP) is 1.81. The van der Waals surface area contributed by atoms with Crippen molar-refractivity contribution in [1.29, 1.82) is 0 Å². The van der Waals surface area contributed by atoms with Gasteiger partial charge in [-0.15, -0.1) is 0 Å². The summed E-state index contributed by atoms with van der Waals surface area (Å²) in [7, 11) is 1.76. The molecule has 1 saturated heterocycles. The summed E-state index contributed by atoms with van der Waals surface area (Å²) in [4.78, 5) is 28.3. The SMILES string of the molecule is CCN1CCC(NC(=O)CN(C)CC(=O)Nc2ccccc2Cl)CC1. The Kier molecular flexibility index (Phi) is 7.68. The van der Waals surface area contributed by atoms with Gasteiger partial charge in [0.25, 0.3) is 0 Å².